The number of hydrogen-bond acceptors (Lipinski definition) is 4. The van der Waals surface area contributed by atoms with Gasteiger partial charge < -0.3 is 16.8 Å². The van der Waals surface area contributed by atoms with Crippen molar-refractivity contribution < 1.29 is 4.79 Å². The minimum absolute atomic E-state index is 0.289. The van der Waals surface area contributed by atoms with E-state index >= 15 is 0 Å². The first-order valence-corrected chi connectivity index (χ1v) is 6.31. The van der Waals surface area contributed by atoms with E-state index in [4.69, 9.17) is 11.5 Å². The third-order valence-electron chi connectivity index (χ3n) is 3.33. The number of nitrogens with two attached hydrogens (primary N) is 2. The molecule has 0 saturated heterocycles. The number of anilines is 2. The van der Waals surface area contributed by atoms with Gasteiger partial charge in [0.25, 0.3) is 5.91 Å². The van der Waals surface area contributed by atoms with Crippen LogP contribution in [0.4, 0.5) is 11.5 Å². The van der Waals surface area contributed by atoms with Gasteiger partial charge in [0.05, 0.1) is 17.4 Å². The smallest absolute Gasteiger partial charge is 0.250 e. The van der Waals surface area contributed by atoms with E-state index in [1.54, 1.807) is 6.07 Å². The summed E-state index contributed by atoms with van der Waals surface area (Å²) in [5.74, 6) is 0.673. The van der Waals surface area contributed by atoms with E-state index in [2.05, 4.69) is 31.1 Å². The first-order chi connectivity index (χ1) is 8.49. The number of hydrogen-bond donors (Lipinski definition) is 3. The van der Waals surface area contributed by atoms with E-state index in [0.717, 1.165) is 12.8 Å². The average molecular weight is 250 g/mol. The van der Waals surface area contributed by atoms with Gasteiger partial charge in [0.2, 0.25) is 0 Å². The Labute approximate surface area is 108 Å². The molecule has 1 amide bonds. The summed E-state index contributed by atoms with van der Waals surface area (Å²) in [7, 11) is 0. The Bertz CT molecular complexity index is 415. The largest absolute Gasteiger partial charge is 0.397 e. The molecule has 0 radical (unpaired) electrons. The van der Waals surface area contributed by atoms with Crippen molar-refractivity contribution in [2.75, 3.05) is 11.1 Å². The molecule has 5 nitrogen and oxygen atoms in total. The molecule has 0 aliphatic rings. The second kappa shape index (κ2) is 6.23. The fourth-order valence-corrected chi connectivity index (χ4v) is 2.11. The zero-order chi connectivity index (χ0) is 13.7. The van der Waals surface area contributed by atoms with Crippen molar-refractivity contribution in [1.29, 1.82) is 0 Å². The molecule has 0 aliphatic carbocycles. The second-order valence-corrected chi connectivity index (χ2v) is 4.53. The molecular weight excluding hydrogens is 228 g/mol. The van der Waals surface area contributed by atoms with Crippen LogP contribution in [0.25, 0.3) is 0 Å². The number of carbonyl (C=O) groups excluding carboxylic acids is 1. The maximum atomic E-state index is 11.2. The summed E-state index contributed by atoms with van der Waals surface area (Å²) in [6, 6.07) is 1.90. The predicted molar refractivity (Wildman–Crippen MR) is 74.3 cm³/mol. The van der Waals surface area contributed by atoms with Crippen LogP contribution >= 0.6 is 0 Å². The van der Waals surface area contributed by atoms with Crippen LogP contribution in [0.15, 0.2) is 12.3 Å². The van der Waals surface area contributed by atoms with Crippen LogP contribution in [0.1, 0.15) is 44.0 Å². The molecule has 1 aromatic rings. The average Bonchev–Trinajstić information content (AvgIpc) is 2.32. The lowest BCUT2D eigenvalue weighted by Crippen LogP contribution is -2.26. The summed E-state index contributed by atoms with van der Waals surface area (Å²) < 4.78 is 0. The minimum atomic E-state index is -0.534. The van der Waals surface area contributed by atoms with Crippen molar-refractivity contribution in [2.45, 2.75) is 39.7 Å². The molecule has 1 heterocycles. The van der Waals surface area contributed by atoms with Crippen LogP contribution in [0.2, 0.25) is 0 Å². The van der Waals surface area contributed by atoms with Crippen LogP contribution in [-0.4, -0.2) is 16.9 Å². The quantitative estimate of drug-likeness (QED) is 0.719. The monoisotopic (exact) mass is 250 g/mol. The molecule has 1 aromatic heterocycles. The van der Waals surface area contributed by atoms with Gasteiger partial charge in [-0.2, -0.15) is 0 Å². The van der Waals surface area contributed by atoms with E-state index in [1.807, 2.05) is 0 Å². The first kappa shape index (κ1) is 14.3. The highest BCUT2D eigenvalue weighted by Crippen LogP contribution is 2.19. The normalized spacial score (nSPS) is 12.4. The number of nitrogens with one attached hydrogen (secondary N) is 1. The summed E-state index contributed by atoms with van der Waals surface area (Å²) in [5.41, 5.74) is 11.5. The topological polar surface area (TPSA) is 94.0 Å². The van der Waals surface area contributed by atoms with E-state index in [1.165, 1.54) is 6.20 Å². The van der Waals surface area contributed by atoms with E-state index in [-0.39, 0.29) is 6.04 Å². The fourth-order valence-electron chi connectivity index (χ4n) is 2.11. The number of carbonyl (C=O) groups is 1. The van der Waals surface area contributed by atoms with Crippen LogP contribution in [0, 0.1) is 5.92 Å². The van der Waals surface area contributed by atoms with Gasteiger partial charge in [-0.15, -0.1) is 0 Å². The van der Waals surface area contributed by atoms with Gasteiger partial charge in [0.1, 0.15) is 5.82 Å². The molecule has 0 aromatic carbocycles. The highest BCUT2D eigenvalue weighted by Gasteiger charge is 2.15. The SMILES string of the molecule is CCC(CC)C(C)Nc1cc(C(N)=O)c(N)cn1. The molecule has 5 N–H and O–H groups in total. The molecule has 0 aliphatic heterocycles. The molecular formula is C13H22N4O. The lowest BCUT2D eigenvalue weighted by Gasteiger charge is -2.23. The number of amides is 1. The Kier molecular flexibility index (Phi) is 4.95. The summed E-state index contributed by atoms with van der Waals surface area (Å²) in [5, 5.41) is 3.29. The van der Waals surface area contributed by atoms with Gasteiger partial charge in [-0.25, -0.2) is 4.98 Å². The van der Waals surface area contributed by atoms with Crippen molar-refractivity contribution in [1.82, 2.24) is 4.98 Å². The predicted octanol–water partition coefficient (Wildman–Crippen LogP) is 2.00. The van der Waals surface area contributed by atoms with Crippen LogP contribution in [0.5, 0.6) is 0 Å². The maximum Gasteiger partial charge on any atom is 0.250 e. The Hall–Kier alpha value is -1.78. The minimum Gasteiger partial charge on any atom is -0.397 e. The highest BCUT2D eigenvalue weighted by atomic mass is 16.1. The molecule has 100 valence electrons. The number of nitrogen functional groups attached to an aromatic ring is 1. The summed E-state index contributed by atoms with van der Waals surface area (Å²) >= 11 is 0. The van der Waals surface area contributed by atoms with Crippen LogP contribution in [-0.2, 0) is 0 Å². The second-order valence-electron chi connectivity index (χ2n) is 4.53. The van der Waals surface area contributed by atoms with Crippen LogP contribution in [0.3, 0.4) is 0 Å². The Morgan fingerprint density at radius 3 is 2.56 bits per heavy atom. The number of aromatic nitrogens is 1. The van der Waals surface area contributed by atoms with Gasteiger partial charge in [0, 0.05) is 6.04 Å². The van der Waals surface area contributed by atoms with Gasteiger partial charge >= 0.3 is 0 Å². The number of rotatable bonds is 6. The fraction of sp³-hybridized carbons (Fsp3) is 0.538. The van der Waals surface area contributed by atoms with Gasteiger partial charge in [-0.05, 0) is 18.9 Å². The van der Waals surface area contributed by atoms with E-state index < -0.39 is 5.91 Å². The number of pyridine rings is 1. The number of nitrogens with zero attached hydrogens (tertiary/aromatic N) is 1. The lowest BCUT2D eigenvalue weighted by molar-refractivity contribution is 0.100. The zero-order valence-corrected chi connectivity index (χ0v) is 11.2. The molecule has 1 rings (SSSR count). The summed E-state index contributed by atoms with van der Waals surface area (Å²) in [6.45, 7) is 6.44. The third kappa shape index (κ3) is 3.35. The highest BCUT2D eigenvalue weighted by molar-refractivity contribution is 5.98. The van der Waals surface area contributed by atoms with E-state index in [9.17, 15) is 4.79 Å². The lowest BCUT2D eigenvalue weighted by atomic mass is 9.95. The molecule has 1 unspecified atom stereocenters. The number of primary amides is 1. The zero-order valence-electron chi connectivity index (χ0n) is 11.2. The van der Waals surface area contributed by atoms with Crippen molar-refractivity contribution >= 4 is 17.4 Å². The molecule has 0 bridgehead atoms. The molecule has 5 heteroatoms. The van der Waals surface area contributed by atoms with Crippen molar-refractivity contribution in [2.24, 2.45) is 11.7 Å². The first-order valence-electron chi connectivity index (χ1n) is 6.31. The Balaban J connectivity index is 2.85. The van der Waals surface area contributed by atoms with E-state index in [0.29, 0.717) is 23.0 Å². The molecule has 18 heavy (non-hydrogen) atoms. The standard InChI is InChI=1S/C13H22N4O/c1-4-9(5-2)8(3)17-12-6-10(13(15)18)11(14)7-16-12/h6-9H,4-5,14H2,1-3H3,(H2,15,18)(H,16,17). The Morgan fingerprint density at radius 2 is 2.06 bits per heavy atom. The van der Waals surface area contributed by atoms with Gasteiger partial charge in [0.15, 0.2) is 0 Å². The Morgan fingerprint density at radius 1 is 1.44 bits per heavy atom. The van der Waals surface area contributed by atoms with Gasteiger partial charge in [-0.3, -0.25) is 4.79 Å². The molecule has 0 saturated carbocycles. The molecule has 0 spiro atoms. The van der Waals surface area contributed by atoms with Crippen molar-refractivity contribution in [3.63, 3.8) is 0 Å². The summed E-state index contributed by atoms with van der Waals surface area (Å²) in [6.07, 6.45) is 3.66. The van der Waals surface area contributed by atoms with Gasteiger partial charge in [-0.1, -0.05) is 26.7 Å². The summed E-state index contributed by atoms with van der Waals surface area (Å²) in [4.78, 5) is 15.4. The van der Waals surface area contributed by atoms with Crippen molar-refractivity contribution in [3.05, 3.63) is 17.8 Å². The maximum absolute atomic E-state index is 11.2. The molecule has 1 atom stereocenters. The molecule has 0 fully saturated rings. The van der Waals surface area contributed by atoms with Crippen LogP contribution < -0.4 is 16.8 Å². The van der Waals surface area contributed by atoms with Crippen molar-refractivity contribution in [3.8, 4) is 0 Å². The third-order valence-corrected chi connectivity index (χ3v) is 3.33.